The molecule has 34 heavy (non-hydrogen) atoms. The second-order valence-corrected chi connectivity index (χ2v) is 8.14. The predicted molar refractivity (Wildman–Crippen MR) is 131 cm³/mol. The molecule has 0 fully saturated rings. The Morgan fingerprint density at radius 1 is 0.735 bits per heavy atom. The molecule has 178 valence electrons. The molecule has 0 spiro atoms. The van der Waals surface area contributed by atoms with Gasteiger partial charge in [0.2, 0.25) is 17.9 Å². The van der Waals surface area contributed by atoms with Crippen molar-refractivity contribution >= 4 is 24.3 Å². The van der Waals surface area contributed by atoms with Crippen LogP contribution in [0.1, 0.15) is 39.2 Å². The van der Waals surface area contributed by atoms with Gasteiger partial charge < -0.3 is 9.47 Å². The SMILES string of the molecule is COc1ccc(/C=C/c2cccc(/C=C/c3cc(C)c(OC)cc3C)[n+]2CC(F)(F)F)c(C)c1. The van der Waals surface area contributed by atoms with Crippen LogP contribution in [0.15, 0.2) is 48.5 Å². The first-order valence-corrected chi connectivity index (χ1v) is 10.9. The van der Waals surface area contributed by atoms with E-state index in [4.69, 9.17) is 9.47 Å². The number of benzene rings is 2. The summed E-state index contributed by atoms with van der Waals surface area (Å²) in [5, 5.41) is 0. The van der Waals surface area contributed by atoms with Crippen LogP contribution in [0.25, 0.3) is 24.3 Å². The van der Waals surface area contributed by atoms with Crippen molar-refractivity contribution in [2.24, 2.45) is 0 Å². The molecule has 3 nitrogen and oxygen atoms in total. The summed E-state index contributed by atoms with van der Waals surface area (Å²) in [7, 11) is 3.21. The highest BCUT2D eigenvalue weighted by atomic mass is 19.4. The van der Waals surface area contributed by atoms with E-state index in [1.165, 1.54) is 4.57 Å². The molecule has 0 radical (unpaired) electrons. The summed E-state index contributed by atoms with van der Waals surface area (Å²) in [6, 6.07) is 14.6. The Bertz CT molecular complexity index is 1230. The summed E-state index contributed by atoms with van der Waals surface area (Å²) < 4.78 is 52.3. The fraction of sp³-hybridized carbons (Fsp3) is 0.250. The Balaban J connectivity index is 2.01. The molecule has 0 N–H and O–H groups in total. The van der Waals surface area contributed by atoms with E-state index in [0.29, 0.717) is 11.4 Å². The summed E-state index contributed by atoms with van der Waals surface area (Å²) in [5.41, 5.74) is 5.65. The molecular weight excluding hydrogens is 439 g/mol. The zero-order valence-electron chi connectivity index (χ0n) is 20.0. The molecule has 0 atom stereocenters. The molecule has 0 aliphatic carbocycles. The maximum absolute atomic E-state index is 13.5. The number of hydrogen-bond donors (Lipinski definition) is 0. The van der Waals surface area contributed by atoms with Gasteiger partial charge in [-0.05, 0) is 91.1 Å². The maximum Gasteiger partial charge on any atom is 0.448 e. The Kier molecular flexibility index (Phi) is 7.82. The average Bonchev–Trinajstić information content (AvgIpc) is 2.78. The van der Waals surface area contributed by atoms with Crippen LogP contribution >= 0.6 is 0 Å². The van der Waals surface area contributed by atoms with Gasteiger partial charge in [-0.15, -0.1) is 0 Å². The third-order valence-corrected chi connectivity index (χ3v) is 5.62. The van der Waals surface area contributed by atoms with E-state index in [1.54, 1.807) is 44.6 Å². The van der Waals surface area contributed by atoms with Gasteiger partial charge in [-0.3, -0.25) is 0 Å². The van der Waals surface area contributed by atoms with E-state index < -0.39 is 12.7 Å². The first kappa shape index (κ1) is 25.1. The Labute approximate surface area is 198 Å². The van der Waals surface area contributed by atoms with Crippen LogP contribution in [0.3, 0.4) is 0 Å². The topological polar surface area (TPSA) is 22.3 Å². The second kappa shape index (κ2) is 10.6. The number of nitrogens with zero attached hydrogens (tertiary/aromatic N) is 1. The number of pyridine rings is 1. The molecule has 0 saturated carbocycles. The van der Waals surface area contributed by atoms with E-state index in [0.717, 1.165) is 39.3 Å². The molecule has 0 unspecified atom stereocenters. The van der Waals surface area contributed by atoms with Crippen molar-refractivity contribution in [3.8, 4) is 11.5 Å². The number of ether oxygens (including phenoxy) is 2. The van der Waals surface area contributed by atoms with Gasteiger partial charge in [0, 0.05) is 24.3 Å². The van der Waals surface area contributed by atoms with Crippen LogP contribution in [0.2, 0.25) is 0 Å². The van der Waals surface area contributed by atoms with E-state index in [-0.39, 0.29) is 0 Å². The fourth-order valence-electron chi connectivity index (χ4n) is 3.75. The van der Waals surface area contributed by atoms with Gasteiger partial charge in [-0.25, -0.2) is 0 Å². The molecule has 2 aromatic carbocycles. The number of halogens is 3. The van der Waals surface area contributed by atoms with Gasteiger partial charge in [0.15, 0.2) is 0 Å². The number of alkyl halides is 3. The lowest BCUT2D eigenvalue weighted by molar-refractivity contribution is -0.722. The lowest BCUT2D eigenvalue weighted by Crippen LogP contribution is -2.46. The molecular formula is C28H29F3NO2+. The monoisotopic (exact) mass is 468 g/mol. The molecule has 0 bridgehead atoms. The van der Waals surface area contributed by atoms with Crippen molar-refractivity contribution in [1.29, 1.82) is 0 Å². The number of rotatable bonds is 7. The smallest absolute Gasteiger partial charge is 0.448 e. The van der Waals surface area contributed by atoms with Crippen LogP contribution in [0.4, 0.5) is 13.2 Å². The van der Waals surface area contributed by atoms with Crippen LogP contribution in [-0.4, -0.2) is 20.4 Å². The Morgan fingerprint density at radius 3 is 1.91 bits per heavy atom. The summed E-state index contributed by atoms with van der Waals surface area (Å²) in [5.74, 6) is 1.51. The maximum atomic E-state index is 13.5. The first-order chi connectivity index (χ1) is 16.1. The van der Waals surface area contributed by atoms with Crippen molar-refractivity contribution in [3.05, 3.63) is 87.7 Å². The quantitative estimate of drug-likeness (QED) is 0.355. The van der Waals surface area contributed by atoms with Crippen LogP contribution in [0.5, 0.6) is 11.5 Å². The second-order valence-electron chi connectivity index (χ2n) is 8.14. The third-order valence-electron chi connectivity index (χ3n) is 5.62. The Hall–Kier alpha value is -3.54. The van der Waals surface area contributed by atoms with Crippen molar-refractivity contribution in [3.63, 3.8) is 0 Å². The number of methoxy groups -OCH3 is 2. The van der Waals surface area contributed by atoms with Gasteiger partial charge in [-0.2, -0.15) is 17.7 Å². The highest BCUT2D eigenvalue weighted by molar-refractivity contribution is 5.72. The molecule has 6 heteroatoms. The summed E-state index contributed by atoms with van der Waals surface area (Å²) in [6.45, 7) is 4.73. The van der Waals surface area contributed by atoms with E-state index in [1.807, 2.05) is 63.3 Å². The van der Waals surface area contributed by atoms with Crippen molar-refractivity contribution in [2.45, 2.75) is 33.5 Å². The third kappa shape index (κ3) is 6.28. The summed E-state index contributed by atoms with van der Waals surface area (Å²) in [4.78, 5) is 0. The largest absolute Gasteiger partial charge is 0.497 e. The molecule has 1 aromatic heterocycles. The molecule has 1 heterocycles. The Morgan fingerprint density at radius 2 is 1.35 bits per heavy atom. The molecule has 0 aliphatic rings. The van der Waals surface area contributed by atoms with E-state index in [9.17, 15) is 13.2 Å². The normalized spacial score (nSPS) is 12.0. The minimum atomic E-state index is -4.36. The van der Waals surface area contributed by atoms with Crippen LogP contribution in [0, 0.1) is 20.8 Å². The number of aromatic nitrogens is 1. The van der Waals surface area contributed by atoms with Gasteiger partial charge in [0.25, 0.3) is 0 Å². The van der Waals surface area contributed by atoms with Gasteiger partial charge in [0.1, 0.15) is 11.5 Å². The molecule has 0 amide bonds. The minimum absolute atomic E-state index is 0.456. The lowest BCUT2D eigenvalue weighted by atomic mass is 10.0. The zero-order valence-corrected chi connectivity index (χ0v) is 20.0. The molecule has 0 aliphatic heterocycles. The number of aryl methyl sites for hydroxylation is 3. The molecule has 3 aromatic rings. The predicted octanol–water partition coefficient (Wildman–Crippen LogP) is 6.82. The highest BCUT2D eigenvalue weighted by Gasteiger charge is 2.35. The standard InChI is InChI=1S/C28H29F3NO2/c1-19-16-26(33-4)14-11-22(19)9-12-24-7-6-8-25(32(24)18-28(29,30)31)13-10-23-15-21(3)27(34-5)17-20(23)2/h6-17H,18H2,1-5H3/q+1/b12-9+,13-10+. The number of hydrogen-bond acceptors (Lipinski definition) is 2. The van der Waals surface area contributed by atoms with Gasteiger partial charge >= 0.3 is 6.18 Å². The summed E-state index contributed by atoms with van der Waals surface area (Å²) in [6.07, 6.45) is 2.73. The average molecular weight is 469 g/mol. The van der Waals surface area contributed by atoms with E-state index >= 15 is 0 Å². The minimum Gasteiger partial charge on any atom is -0.497 e. The van der Waals surface area contributed by atoms with Gasteiger partial charge in [-0.1, -0.05) is 6.07 Å². The van der Waals surface area contributed by atoms with Crippen molar-refractivity contribution in [1.82, 2.24) is 0 Å². The molecule has 3 rings (SSSR count). The first-order valence-electron chi connectivity index (χ1n) is 10.9. The van der Waals surface area contributed by atoms with Crippen molar-refractivity contribution < 1.29 is 27.2 Å². The van der Waals surface area contributed by atoms with Gasteiger partial charge in [0.05, 0.1) is 14.2 Å². The highest BCUT2D eigenvalue weighted by Crippen LogP contribution is 2.24. The van der Waals surface area contributed by atoms with E-state index in [2.05, 4.69) is 0 Å². The summed E-state index contributed by atoms with van der Waals surface area (Å²) >= 11 is 0. The zero-order chi connectivity index (χ0) is 24.9. The van der Waals surface area contributed by atoms with Crippen LogP contribution < -0.4 is 14.0 Å². The van der Waals surface area contributed by atoms with Crippen molar-refractivity contribution in [2.75, 3.05) is 14.2 Å². The fourth-order valence-corrected chi connectivity index (χ4v) is 3.75. The molecule has 0 saturated heterocycles. The lowest BCUT2D eigenvalue weighted by Gasteiger charge is -2.09. The van der Waals surface area contributed by atoms with Crippen LogP contribution in [-0.2, 0) is 6.54 Å².